The molecule has 0 amide bonds. The topological polar surface area (TPSA) is 50.9 Å². The molecule has 1 heterocycles. The first-order valence-corrected chi connectivity index (χ1v) is 7.65. The number of nitrogens with zero attached hydrogens (tertiary/aromatic N) is 1. The Hall–Kier alpha value is -1.46. The van der Waals surface area contributed by atoms with Crippen molar-refractivity contribution in [1.29, 1.82) is 0 Å². The molecule has 2 aromatic rings. The minimum atomic E-state index is 0.256. The maximum Gasteiger partial charge on any atom is 0.189 e. The lowest BCUT2D eigenvalue weighted by Gasteiger charge is -2.16. The van der Waals surface area contributed by atoms with Crippen molar-refractivity contribution in [2.45, 2.75) is 25.7 Å². The lowest BCUT2D eigenvalue weighted by molar-refractivity contribution is 0.686. The summed E-state index contributed by atoms with van der Waals surface area (Å²) in [6.45, 7) is 0. The van der Waals surface area contributed by atoms with E-state index in [4.69, 9.17) is 18.0 Å². The Bertz CT molecular complexity index is 619. The Morgan fingerprint density at radius 3 is 2.84 bits per heavy atom. The molecule has 1 aromatic heterocycles. The monoisotopic (exact) mass is 289 g/mol. The third kappa shape index (κ3) is 2.77. The molecule has 1 aliphatic rings. The number of nitrogens with two attached hydrogens (primary N) is 1. The highest BCUT2D eigenvalue weighted by molar-refractivity contribution is 7.80. The zero-order valence-corrected chi connectivity index (χ0v) is 12.1. The Kier molecular flexibility index (Phi) is 3.48. The van der Waals surface area contributed by atoms with Gasteiger partial charge in [0.05, 0.1) is 5.69 Å². The quantitative estimate of drug-likeness (QED) is 0.833. The molecular weight excluding hydrogens is 274 g/mol. The number of aryl methyl sites for hydroxylation is 2. The zero-order valence-electron chi connectivity index (χ0n) is 10.5. The van der Waals surface area contributed by atoms with Crippen molar-refractivity contribution in [3.05, 3.63) is 34.7 Å². The average Bonchev–Trinajstić information content (AvgIpc) is 2.86. The second kappa shape index (κ2) is 5.27. The molecule has 0 aliphatic heterocycles. The maximum atomic E-state index is 5.45. The molecule has 0 fully saturated rings. The van der Waals surface area contributed by atoms with Gasteiger partial charge in [-0.15, -0.1) is 11.3 Å². The van der Waals surface area contributed by atoms with Gasteiger partial charge in [-0.3, -0.25) is 0 Å². The highest BCUT2D eigenvalue weighted by atomic mass is 32.1. The van der Waals surface area contributed by atoms with Crippen LogP contribution in [0.4, 0.5) is 5.13 Å². The van der Waals surface area contributed by atoms with Crippen molar-refractivity contribution in [3.8, 4) is 11.3 Å². The van der Waals surface area contributed by atoms with E-state index in [9.17, 15) is 0 Å². The third-order valence-corrected chi connectivity index (χ3v) is 4.24. The van der Waals surface area contributed by atoms with Gasteiger partial charge in [0, 0.05) is 10.9 Å². The van der Waals surface area contributed by atoms with Gasteiger partial charge in [0.2, 0.25) is 0 Å². The summed E-state index contributed by atoms with van der Waals surface area (Å²) in [5.74, 6) is 0. The fourth-order valence-electron chi connectivity index (χ4n) is 2.46. The standard InChI is InChI=1S/C14H15N3S2/c15-13(18)17-14-16-12(8-19-14)11-6-5-9-3-1-2-4-10(9)7-11/h5-8H,1-4H2,(H3,15,16,17,18). The number of fused-ring (bicyclic) bond motifs is 1. The summed E-state index contributed by atoms with van der Waals surface area (Å²) >= 11 is 6.34. The summed E-state index contributed by atoms with van der Waals surface area (Å²) in [6.07, 6.45) is 5.00. The predicted molar refractivity (Wildman–Crippen MR) is 84.6 cm³/mol. The number of hydrogen-bond acceptors (Lipinski definition) is 3. The molecule has 0 saturated heterocycles. The molecule has 0 spiro atoms. The summed E-state index contributed by atoms with van der Waals surface area (Å²) in [4.78, 5) is 4.51. The van der Waals surface area contributed by atoms with Crippen molar-refractivity contribution < 1.29 is 0 Å². The predicted octanol–water partition coefficient (Wildman–Crippen LogP) is 3.34. The first kappa shape index (κ1) is 12.6. The second-order valence-corrected chi connectivity index (χ2v) is 6.02. The largest absolute Gasteiger partial charge is 0.376 e. The Morgan fingerprint density at radius 2 is 2.05 bits per heavy atom. The Morgan fingerprint density at radius 1 is 1.26 bits per heavy atom. The molecule has 3 N–H and O–H groups in total. The van der Waals surface area contributed by atoms with Gasteiger partial charge in [-0.2, -0.15) is 0 Å². The van der Waals surface area contributed by atoms with Gasteiger partial charge in [0.1, 0.15) is 0 Å². The lowest BCUT2D eigenvalue weighted by atomic mass is 9.90. The molecule has 0 bridgehead atoms. The molecule has 0 saturated carbocycles. The molecule has 19 heavy (non-hydrogen) atoms. The van der Waals surface area contributed by atoms with Gasteiger partial charge in [-0.05, 0) is 55.1 Å². The van der Waals surface area contributed by atoms with Crippen LogP contribution in [-0.2, 0) is 12.8 Å². The number of thiazole rings is 1. The Balaban J connectivity index is 1.89. The fourth-order valence-corrected chi connectivity index (χ4v) is 3.36. The number of hydrogen-bond donors (Lipinski definition) is 2. The van der Waals surface area contributed by atoms with E-state index in [1.165, 1.54) is 53.7 Å². The van der Waals surface area contributed by atoms with Gasteiger partial charge >= 0.3 is 0 Å². The summed E-state index contributed by atoms with van der Waals surface area (Å²) < 4.78 is 0. The lowest BCUT2D eigenvalue weighted by Crippen LogP contribution is -2.18. The van der Waals surface area contributed by atoms with Crippen molar-refractivity contribution in [1.82, 2.24) is 4.98 Å². The first-order chi connectivity index (χ1) is 9.22. The van der Waals surface area contributed by atoms with Crippen molar-refractivity contribution in [2.24, 2.45) is 5.73 Å². The number of nitrogens with one attached hydrogen (secondary N) is 1. The smallest absolute Gasteiger partial charge is 0.189 e. The summed E-state index contributed by atoms with van der Waals surface area (Å²) in [6, 6.07) is 6.67. The molecular formula is C14H15N3S2. The van der Waals surface area contributed by atoms with Crippen LogP contribution < -0.4 is 11.1 Å². The van der Waals surface area contributed by atoms with Gasteiger partial charge in [-0.25, -0.2) is 4.98 Å². The third-order valence-electron chi connectivity index (χ3n) is 3.38. The molecule has 0 radical (unpaired) electrons. The van der Waals surface area contributed by atoms with Crippen molar-refractivity contribution >= 4 is 33.8 Å². The summed E-state index contributed by atoms with van der Waals surface area (Å²) in [7, 11) is 0. The summed E-state index contributed by atoms with van der Waals surface area (Å²) in [5, 5.41) is 5.91. The van der Waals surface area contributed by atoms with E-state index in [1.54, 1.807) is 0 Å². The van der Waals surface area contributed by atoms with Crippen molar-refractivity contribution in [2.75, 3.05) is 5.32 Å². The van der Waals surface area contributed by atoms with Crippen LogP contribution >= 0.6 is 23.6 Å². The first-order valence-electron chi connectivity index (χ1n) is 6.36. The van der Waals surface area contributed by atoms with Gasteiger partial charge < -0.3 is 11.1 Å². The van der Waals surface area contributed by atoms with Crippen LogP contribution in [0.3, 0.4) is 0 Å². The normalized spacial score (nSPS) is 13.9. The molecule has 3 nitrogen and oxygen atoms in total. The van der Waals surface area contributed by atoms with Crippen molar-refractivity contribution in [3.63, 3.8) is 0 Å². The number of aromatic nitrogens is 1. The molecule has 5 heteroatoms. The van der Waals surface area contributed by atoms with E-state index in [0.717, 1.165) is 10.8 Å². The molecule has 0 atom stereocenters. The highest BCUT2D eigenvalue weighted by Gasteiger charge is 2.11. The van der Waals surface area contributed by atoms with Crippen LogP contribution in [0.1, 0.15) is 24.0 Å². The average molecular weight is 289 g/mol. The minimum absolute atomic E-state index is 0.256. The molecule has 1 aromatic carbocycles. The van der Waals surface area contributed by atoms with E-state index < -0.39 is 0 Å². The number of rotatable bonds is 2. The number of thiocarbonyl (C=S) groups is 1. The second-order valence-electron chi connectivity index (χ2n) is 4.72. The molecule has 1 aliphatic carbocycles. The fraction of sp³-hybridized carbons (Fsp3) is 0.286. The zero-order chi connectivity index (χ0) is 13.2. The van der Waals surface area contributed by atoms with Crippen LogP contribution in [0.25, 0.3) is 11.3 Å². The van der Waals surface area contributed by atoms with E-state index >= 15 is 0 Å². The van der Waals surface area contributed by atoms with Gasteiger partial charge in [0.15, 0.2) is 10.2 Å². The maximum absolute atomic E-state index is 5.45. The van der Waals surface area contributed by atoms with Crippen LogP contribution in [-0.4, -0.2) is 10.1 Å². The van der Waals surface area contributed by atoms with Crippen LogP contribution in [0.2, 0.25) is 0 Å². The van der Waals surface area contributed by atoms with Gasteiger partial charge in [0.25, 0.3) is 0 Å². The highest BCUT2D eigenvalue weighted by Crippen LogP contribution is 2.29. The van der Waals surface area contributed by atoms with E-state index in [0.29, 0.717) is 0 Å². The number of benzene rings is 1. The van der Waals surface area contributed by atoms with Crippen LogP contribution in [0.5, 0.6) is 0 Å². The molecule has 98 valence electrons. The van der Waals surface area contributed by atoms with E-state index in [-0.39, 0.29) is 5.11 Å². The SMILES string of the molecule is NC(=S)Nc1nc(-c2ccc3c(c2)CCCC3)cs1. The van der Waals surface area contributed by atoms with Crippen LogP contribution in [0, 0.1) is 0 Å². The Labute approximate surface area is 121 Å². The number of anilines is 1. The molecule has 0 unspecified atom stereocenters. The van der Waals surface area contributed by atoms with Gasteiger partial charge in [-0.1, -0.05) is 12.1 Å². The molecule has 3 rings (SSSR count). The van der Waals surface area contributed by atoms with E-state index in [2.05, 4.69) is 28.5 Å². The minimum Gasteiger partial charge on any atom is -0.376 e. The van der Waals surface area contributed by atoms with E-state index in [1.807, 2.05) is 5.38 Å². The van der Waals surface area contributed by atoms with Crippen LogP contribution in [0.15, 0.2) is 23.6 Å². The summed E-state index contributed by atoms with van der Waals surface area (Å²) in [5.41, 5.74) is 10.6.